The molecule has 2 N–H and O–H groups in total. The second-order valence-electron chi connectivity index (χ2n) is 5.90. The van der Waals surface area contributed by atoms with E-state index in [1.807, 2.05) is 0 Å². The maximum atomic E-state index is 13.0. The molecule has 1 aliphatic rings. The number of hydrogen-bond acceptors (Lipinski definition) is 4. The third-order valence-electron chi connectivity index (χ3n) is 4.14. The van der Waals surface area contributed by atoms with Crippen molar-refractivity contribution in [3.63, 3.8) is 0 Å². The number of aromatic hydroxyl groups is 1. The number of nitrogens with one attached hydrogen (secondary N) is 1. The van der Waals surface area contributed by atoms with Gasteiger partial charge in [-0.3, -0.25) is 14.8 Å². The SMILES string of the molecule is N=c1sc(C2=c3cc(Br)ccc3=NC2=O)c(O)n1-c1cccc(C(F)(F)F)c1. The molecule has 0 unspecified atom stereocenters. The molecule has 142 valence electrons. The van der Waals surface area contributed by atoms with Gasteiger partial charge in [-0.1, -0.05) is 33.3 Å². The summed E-state index contributed by atoms with van der Waals surface area (Å²) < 4.78 is 40.7. The lowest BCUT2D eigenvalue weighted by atomic mass is 10.1. The minimum atomic E-state index is -4.56. The van der Waals surface area contributed by atoms with Gasteiger partial charge in [-0.2, -0.15) is 13.2 Å². The van der Waals surface area contributed by atoms with Gasteiger partial charge in [-0.25, -0.2) is 4.99 Å². The molecule has 2 heterocycles. The molecule has 2 aromatic carbocycles. The first-order valence-corrected chi connectivity index (χ1v) is 9.38. The van der Waals surface area contributed by atoms with Gasteiger partial charge >= 0.3 is 6.18 Å². The van der Waals surface area contributed by atoms with Crippen LogP contribution in [0.15, 0.2) is 51.9 Å². The summed E-state index contributed by atoms with van der Waals surface area (Å²) in [5.74, 6) is -1.07. The van der Waals surface area contributed by atoms with E-state index in [9.17, 15) is 23.1 Å². The molecule has 0 bridgehead atoms. The number of aromatic nitrogens is 1. The molecule has 0 saturated carbocycles. The van der Waals surface area contributed by atoms with Crippen LogP contribution in [0.3, 0.4) is 0 Å². The average Bonchev–Trinajstić information content (AvgIpc) is 3.09. The van der Waals surface area contributed by atoms with Crippen LogP contribution in [0.2, 0.25) is 0 Å². The van der Waals surface area contributed by atoms with Crippen molar-refractivity contribution in [3.05, 3.63) is 72.8 Å². The molecule has 28 heavy (non-hydrogen) atoms. The Morgan fingerprint density at radius 3 is 2.64 bits per heavy atom. The van der Waals surface area contributed by atoms with Gasteiger partial charge in [0.05, 0.1) is 22.2 Å². The lowest BCUT2D eigenvalue weighted by Crippen LogP contribution is -2.22. The van der Waals surface area contributed by atoms with Crippen LogP contribution in [-0.4, -0.2) is 15.6 Å². The number of carbonyl (C=O) groups is 1. The molecule has 0 saturated heterocycles. The summed E-state index contributed by atoms with van der Waals surface area (Å²) in [6.07, 6.45) is -4.56. The van der Waals surface area contributed by atoms with Crippen molar-refractivity contribution in [2.75, 3.05) is 0 Å². The number of rotatable bonds is 2. The largest absolute Gasteiger partial charge is 0.493 e. The topological polar surface area (TPSA) is 78.4 Å². The fraction of sp³-hybridized carbons (Fsp3) is 0.0556. The summed E-state index contributed by atoms with van der Waals surface area (Å²) in [4.78, 5) is 16.2. The lowest BCUT2D eigenvalue weighted by molar-refractivity contribution is -0.137. The summed E-state index contributed by atoms with van der Waals surface area (Å²) in [6.45, 7) is 0. The van der Waals surface area contributed by atoms with Crippen LogP contribution in [-0.2, 0) is 11.0 Å². The Kier molecular flexibility index (Phi) is 4.27. The first kappa shape index (κ1) is 18.6. The molecule has 0 aliphatic carbocycles. The highest BCUT2D eigenvalue weighted by Gasteiger charge is 2.31. The van der Waals surface area contributed by atoms with Crippen molar-refractivity contribution < 1.29 is 23.1 Å². The summed E-state index contributed by atoms with van der Waals surface area (Å²) in [5.41, 5.74) is -0.826. The molecular formula is C18H9BrF3N3O2S. The number of amides is 1. The Balaban J connectivity index is 1.96. The first-order chi connectivity index (χ1) is 13.2. The van der Waals surface area contributed by atoms with Crippen molar-refractivity contribution in [2.24, 2.45) is 4.99 Å². The van der Waals surface area contributed by atoms with Gasteiger partial charge in [0.15, 0.2) is 4.80 Å². The Labute approximate surface area is 167 Å². The minimum absolute atomic E-state index is 0.0303. The van der Waals surface area contributed by atoms with Crippen molar-refractivity contribution in [1.82, 2.24) is 4.57 Å². The number of fused-ring (bicyclic) bond motifs is 1. The van der Waals surface area contributed by atoms with Gasteiger partial charge in [0, 0.05) is 9.69 Å². The zero-order valence-electron chi connectivity index (χ0n) is 13.7. The second kappa shape index (κ2) is 6.42. The number of carbonyl (C=O) groups excluding carboxylic acids is 1. The zero-order chi connectivity index (χ0) is 20.2. The summed E-state index contributed by atoms with van der Waals surface area (Å²) in [7, 11) is 0. The van der Waals surface area contributed by atoms with Crippen LogP contribution in [0.5, 0.6) is 5.88 Å². The normalized spacial score (nSPS) is 13.6. The van der Waals surface area contributed by atoms with E-state index in [2.05, 4.69) is 20.9 Å². The van der Waals surface area contributed by atoms with Gasteiger partial charge in [0.1, 0.15) is 4.88 Å². The Morgan fingerprint density at radius 1 is 1.18 bits per heavy atom. The maximum Gasteiger partial charge on any atom is 0.416 e. The highest BCUT2D eigenvalue weighted by atomic mass is 79.9. The van der Waals surface area contributed by atoms with E-state index in [0.717, 1.165) is 28.0 Å². The average molecular weight is 468 g/mol. The Bertz CT molecular complexity index is 1330. The fourth-order valence-corrected chi connectivity index (χ4v) is 4.23. The fourth-order valence-electron chi connectivity index (χ4n) is 2.92. The van der Waals surface area contributed by atoms with Crippen molar-refractivity contribution in [3.8, 4) is 11.6 Å². The Morgan fingerprint density at radius 2 is 1.93 bits per heavy atom. The maximum absolute atomic E-state index is 13.0. The quantitative estimate of drug-likeness (QED) is 0.607. The highest BCUT2D eigenvalue weighted by molar-refractivity contribution is 9.10. The van der Waals surface area contributed by atoms with Gasteiger partial charge < -0.3 is 5.11 Å². The third kappa shape index (κ3) is 2.98. The number of nitrogens with zero attached hydrogens (tertiary/aromatic N) is 2. The van der Waals surface area contributed by atoms with E-state index < -0.39 is 23.5 Å². The molecule has 10 heteroatoms. The van der Waals surface area contributed by atoms with E-state index in [1.165, 1.54) is 12.1 Å². The number of alkyl halides is 3. The molecular weight excluding hydrogens is 459 g/mol. The molecule has 3 aromatic rings. The molecule has 1 aliphatic heterocycles. The van der Waals surface area contributed by atoms with Crippen LogP contribution < -0.4 is 15.4 Å². The number of hydrogen-bond donors (Lipinski definition) is 2. The zero-order valence-corrected chi connectivity index (χ0v) is 16.1. The van der Waals surface area contributed by atoms with Gasteiger partial charge in [0.2, 0.25) is 5.88 Å². The smallest absolute Gasteiger partial charge is 0.416 e. The molecule has 1 aromatic heterocycles. The number of benzene rings is 2. The van der Waals surface area contributed by atoms with E-state index in [1.54, 1.807) is 18.2 Å². The number of thiazole rings is 1. The third-order valence-corrected chi connectivity index (χ3v) is 5.60. The van der Waals surface area contributed by atoms with Gasteiger partial charge in [-0.15, -0.1) is 0 Å². The van der Waals surface area contributed by atoms with Crippen molar-refractivity contribution in [2.45, 2.75) is 6.18 Å². The highest BCUT2D eigenvalue weighted by Crippen LogP contribution is 2.33. The molecule has 0 spiro atoms. The van der Waals surface area contributed by atoms with Crippen molar-refractivity contribution >= 4 is 38.7 Å². The number of halogens is 4. The summed E-state index contributed by atoms with van der Waals surface area (Å²) in [5, 5.41) is 19.7. The van der Waals surface area contributed by atoms with E-state index in [0.29, 0.717) is 15.0 Å². The molecule has 5 nitrogen and oxygen atoms in total. The van der Waals surface area contributed by atoms with Crippen LogP contribution >= 0.6 is 27.3 Å². The standard InChI is InChI=1S/C18H9BrF3N3O2S/c19-9-4-5-12-11(7-9)13(15(26)24-12)14-16(27)25(17(23)28-14)10-3-1-2-8(6-10)18(20,21)22/h1-7,23,27H. The molecule has 0 fully saturated rings. The predicted molar refractivity (Wildman–Crippen MR) is 98.6 cm³/mol. The van der Waals surface area contributed by atoms with Crippen LogP contribution in [0.25, 0.3) is 11.3 Å². The van der Waals surface area contributed by atoms with Gasteiger partial charge in [-0.05, 0) is 36.4 Å². The lowest BCUT2D eigenvalue weighted by Gasteiger charge is -2.10. The second-order valence-corrected chi connectivity index (χ2v) is 7.81. The molecule has 1 amide bonds. The summed E-state index contributed by atoms with van der Waals surface area (Å²) in [6, 6.07) is 9.29. The van der Waals surface area contributed by atoms with Crippen molar-refractivity contribution in [1.29, 1.82) is 5.41 Å². The Hall–Kier alpha value is -2.72. The van der Waals surface area contributed by atoms with E-state index in [4.69, 9.17) is 5.41 Å². The first-order valence-electron chi connectivity index (χ1n) is 7.77. The van der Waals surface area contributed by atoms with Gasteiger partial charge in [0.25, 0.3) is 5.91 Å². The van der Waals surface area contributed by atoms with Crippen LogP contribution in [0.1, 0.15) is 10.4 Å². The minimum Gasteiger partial charge on any atom is -0.493 e. The molecule has 4 rings (SSSR count). The molecule has 0 radical (unpaired) electrons. The monoisotopic (exact) mass is 467 g/mol. The summed E-state index contributed by atoms with van der Waals surface area (Å²) >= 11 is 4.10. The predicted octanol–water partition coefficient (Wildman–Crippen LogP) is 2.86. The van der Waals surface area contributed by atoms with E-state index in [-0.39, 0.29) is 20.9 Å². The van der Waals surface area contributed by atoms with Crippen LogP contribution in [0, 0.1) is 5.41 Å². The van der Waals surface area contributed by atoms with E-state index >= 15 is 0 Å². The van der Waals surface area contributed by atoms with Crippen LogP contribution in [0.4, 0.5) is 13.2 Å². The molecule has 0 atom stereocenters.